The maximum atomic E-state index is 12.5. The van der Waals surface area contributed by atoms with E-state index in [4.69, 9.17) is 4.98 Å². The third kappa shape index (κ3) is 4.48. The van der Waals surface area contributed by atoms with Crippen LogP contribution in [0.1, 0.15) is 29.5 Å². The van der Waals surface area contributed by atoms with Crippen molar-refractivity contribution in [2.24, 2.45) is 0 Å². The molecular formula is C28H26N4O. The van der Waals surface area contributed by atoms with Crippen LogP contribution in [0.25, 0.3) is 33.2 Å². The molecule has 0 atom stereocenters. The van der Waals surface area contributed by atoms with Crippen LogP contribution in [0.5, 0.6) is 0 Å². The third-order valence-electron chi connectivity index (χ3n) is 5.93. The topological polar surface area (TPSA) is 70.7 Å². The number of H-pyrrole nitrogens is 1. The minimum atomic E-state index is -0.0190. The summed E-state index contributed by atoms with van der Waals surface area (Å²) in [5.41, 5.74) is 7.51. The molecule has 0 saturated carbocycles. The molecule has 0 bridgehead atoms. The maximum absolute atomic E-state index is 12.5. The molecule has 3 heterocycles. The number of benzene rings is 2. The van der Waals surface area contributed by atoms with Crippen molar-refractivity contribution in [2.45, 2.75) is 33.1 Å². The van der Waals surface area contributed by atoms with E-state index in [0.29, 0.717) is 12.2 Å². The van der Waals surface area contributed by atoms with E-state index in [1.165, 1.54) is 16.5 Å². The Morgan fingerprint density at radius 3 is 2.70 bits per heavy atom. The first kappa shape index (κ1) is 20.9. The molecule has 5 nitrogen and oxygen atoms in total. The SMILES string of the molecule is Cc1ccnc(NC(=O)CCCc2c(-c3ccc4ccccc4n3)[nH]c3ccc(C)cc23)c1. The highest BCUT2D eigenvalue weighted by Crippen LogP contribution is 2.32. The summed E-state index contributed by atoms with van der Waals surface area (Å²) in [5, 5.41) is 5.22. The van der Waals surface area contributed by atoms with Gasteiger partial charge >= 0.3 is 0 Å². The minimum Gasteiger partial charge on any atom is -0.353 e. The largest absolute Gasteiger partial charge is 0.353 e. The fourth-order valence-electron chi connectivity index (χ4n) is 4.28. The van der Waals surface area contributed by atoms with Crippen molar-refractivity contribution in [3.63, 3.8) is 0 Å². The van der Waals surface area contributed by atoms with Crippen molar-refractivity contribution in [2.75, 3.05) is 5.32 Å². The second kappa shape index (κ2) is 8.87. The van der Waals surface area contributed by atoms with Gasteiger partial charge in [-0.2, -0.15) is 0 Å². The summed E-state index contributed by atoms with van der Waals surface area (Å²) in [5.74, 6) is 0.582. The van der Waals surface area contributed by atoms with Crippen molar-refractivity contribution < 1.29 is 4.79 Å². The van der Waals surface area contributed by atoms with Crippen LogP contribution < -0.4 is 5.32 Å². The number of anilines is 1. The van der Waals surface area contributed by atoms with Crippen LogP contribution in [0.15, 0.2) is 72.9 Å². The molecule has 5 rings (SSSR count). The standard InChI is InChI=1S/C28H26N4O/c1-18-10-12-24-22(16-18)21(7-5-9-27(33)32-26-17-19(2)14-15-29-26)28(31-24)25-13-11-20-6-3-4-8-23(20)30-25/h3-4,6,8,10-17,31H,5,7,9H2,1-2H3,(H,29,32,33). The van der Waals surface area contributed by atoms with Crippen LogP contribution in [0.2, 0.25) is 0 Å². The molecule has 5 heteroatoms. The molecule has 164 valence electrons. The van der Waals surface area contributed by atoms with Gasteiger partial charge in [0, 0.05) is 28.9 Å². The molecule has 0 aliphatic carbocycles. The van der Waals surface area contributed by atoms with Crippen molar-refractivity contribution in [1.29, 1.82) is 0 Å². The van der Waals surface area contributed by atoms with Gasteiger partial charge in [-0.25, -0.2) is 9.97 Å². The van der Waals surface area contributed by atoms with Gasteiger partial charge in [0.1, 0.15) is 5.82 Å². The highest BCUT2D eigenvalue weighted by Gasteiger charge is 2.15. The summed E-state index contributed by atoms with van der Waals surface area (Å²) in [7, 11) is 0. The Labute approximate surface area is 192 Å². The molecule has 0 unspecified atom stereocenters. The number of nitrogens with one attached hydrogen (secondary N) is 2. The normalized spacial score (nSPS) is 11.2. The number of pyridine rings is 2. The van der Waals surface area contributed by atoms with Crippen molar-refractivity contribution in [1.82, 2.24) is 15.0 Å². The van der Waals surface area contributed by atoms with E-state index in [1.54, 1.807) is 6.20 Å². The summed E-state index contributed by atoms with van der Waals surface area (Å²) in [6.07, 6.45) is 3.65. The monoisotopic (exact) mass is 434 g/mol. The zero-order chi connectivity index (χ0) is 22.8. The van der Waals surface area contributed by atoms with E-state index >= 15 is 0 Å². The van der Waals surface area contributed by atoms with Gasteiger partial charge in [0.2, 0.25) is 5.91 Å². The zero-order valence-electron chi connectivity index (χ0n) is 18.9. The lowest BCUT2D eigenvalue weighted by Gasteiger charge is -2.08. The quantitative estimate of drug-likeness (QED) is 0.327. The lowest BCUT2D eigenvalue weighted by atomic mass is 10.0. The van der Waals surface area contributed by atoms with Gasteiger partial charge in [-0.15, -0.1) is 0 Å². The number of carbonyl (C=O) groups excluding carboxylic acids is 1. The molecule has 0 aliphatic heterocycles. The highest BCUT2D eigenvalue weighted by molar-refractivity contribution is 5.92. The highest BCUT2D eigenvalue weighted by atomic mass is 16.1. The lowest BCUT2D eigenvalue weighted by molar-refractivity contribution is -0.116. The molecule has 2 N–H and O–H groups in total. The Kier molecular flexibility index (Phi) is 5.61. The van der Waals surface area contributed by atoms with Gasteiger partial charge in [0.15, 0.2) is 0 Å². The third-order valence-corrected chi connectivity index (χ3v) is 5.93. The predicted molar refractivity (Wildman–Crippen MR) is 134 cm³/mol. The number of hydrogen-bond donors (Lipinski definition) is 2. The predicted octanol–water partition coefficient (Wildman–Crippen LogP) is 6.36. The Hall–Kier alpha value is -3.99. The van der Waals surface area contributed by atoms with Gasteiger partial charge in [0.25, 0.3) is 0 Å². The molecule has 0 aliphatic rings. The summed E-state index contributed by atoms with van der Waals surface area (Å²) in [4.78, 5) is 25.2. The van der Waals surface area contributed by atoms with Crippen LogP contribution >= 0.6 is 0 Å². The van der Waals surface area contributed by atoms with E-state index < -0.39 is 0 Å². The molecule has 0 saturated heterocycles. The lowest BCUT2D eigenvalue weighted by Crippen LogP contribution is -2.12. The minimum absolute atomic E-state index is 0.0190. The van der Waals surface area contributed by atoms with E-state index in [2.05, 4.69) is 58.6 Å². The van der Waals surface area contributed by atoms with E-state index in [0.717, 1.165) is 46.2 Å². The molecule has 1 amide bonds. The second-order valence-electron chi connectivity index (χ2n) is 8.54. The summed E-state index contributed by atoms with van der Waals surface area (Å²) < 4.78 is 0. The van der Waals surface area contributed by atoms with Crippen molar-refractivity contribution >= 4 is 33.5 Å². The molecular weight excluding hydrogens is 408 g/mol. The fourth-order valence-corrected chi connectivity index (χ4v) is 4.28. The number of aryl methyl sites for hydroxylation is 3. The fraction of sp³-hybridized carbons (Fsp3) is 0.179. The number of nitrogens with zero attached hydrogens (tertiary/aromatic N) is 2. The van der Waals surface area contributed by atoms with Gasteiger partial charge in [-0.3, -0.25) is 4.79 Å². The summed E-state index contributed by atoms with van der Waals surface area (Å²) >= 11 is 0. The number of amides is 1. The number of aromatic amines is 1. The number of rotatable bonds is 6. The van der Waals surface area contributed by atoms with Gasteiger partial charge in [-0.05, 0) is 74.2 Å². The Bertz CT molecular complexity index is 1470. The maximum Gasteiger partial charge on any atom is 0.225 e. The number of hydrogen-bond acceptors (Lipinski definition) is 3. The second-order valence-corrected chi connectivity index (χ2v) is 8.54. The van der Waals surface area contributed by atoms with Gasteiger partial charge in [-0.1, -0.05) is 35.9 Å². The van der Waals surface area contributed by atoms with Crippen LogP contribution in [-0.4, -0.2) is 20.9 Å². The Morgan fingerprint density at radius 1 is 0.970 bits per heavy atom. The number of para-hydroxylation sites is 1. The summed E-state index contributed by atoms with van der Waals surface area (Å²) in [6.45, 7) is 4.09. The average Bonchev–Trinajstić information content (AvgIpc) is 3.16. The molecule has 0 radical (unpaired) electrons. The number of fused-ring (bicyclic) bond motifs is 2. The molecule has 33 heavy (non-hydrogen) atoms. The van der Waals surface area contributed by atoms with E-state index in [9.17, 15) is 4.79 Å². The number of aromatic nitrogens is 3. The zero-order valence-corrected chi connectivity index (χ0v) is 18.9. The first-order valence-corrected chi connectivity index (χ1v) is 11.3. The van der Waals surface area contributed by atoms with Gasteiger partial charge < -0.3 is 10.3 Å². The molecule has 3 aromatic heterocycles. The van der Waals surface area contributed by atoms with E-state index in [-0.39, 0.29) is 5.91 Å². The van der Waals surface area contributed by atoms with E-state index in [1.807, 2.05) is 37.3 Å². The van der Waals surface area contributed by atoms with Crippen LogP contribution in [0, 0.1) is 13.8 Å². The first-order valence-electron chi connectivity index (χ1n) is 11.3. The molecule has 5 aromatic rings. The molecule has 0 spiro atoms. The Morgan fingerprint density at radius 2 is 1.82 bits per heavy atom. The van der Waals surface area contributed by atoms with Crippen LogP contribution in [-0.2, 0) is 11.2 Å². The molecule has 0 fully saturated rings. The summed E-state index contributed by atoms with van der Waals surface area (Å²) in [6, 6.07) is 22.6. The first-order chi connectivity index (χ1) is 16.1. The van der Waals surface area contributed by atoms with Crippen LogP contribution in [0.3, 0.4) is 0 Å². The van der Waals surface area contributed by atoms with Crippen LogP contribution in [0.4, 0.5) is 5.82 Å². The molecule has 2 aromatic carbocycles. The van der Waals surface area contributed by atoms with Gasteiger partial charge in [0.05, 0.1) is 16.9 Å². The Balaban J connectivity index is 1.41. The smallest absolute Gasteiger partial charge is 0.225 e. The van der Waals surface area contributed by atoms with Crippen molar-refractivity contribution in [3.05, 3.63) is 89.6 Å². The average molecular weight is 435 g/mol. The number of carbonyl (C=O) groups is 1. The van der Waals surface area contributed by atoms with Crippen molar-refractivity contribution in [3.8, 4) is 11.4 Å².